The van der Waals surface area contributed by atoms with Gasteiger partial charge in [-0.2, -0.15) is 0 Å². The summed E-state index contributed by atoms with van der Waals surface area (Å²) in [5.74, 6) is 0.476. The molecule has 0 aliphatic carbocycles. The highest BCUT2D eigenvalue weighted by Crippen LogP contribution is 2.25. The van der Waals surface area contributed by atoms with Crippen LogP contribution < -0.4 is 15.4 Å². The van der Waals surface area contributed by atoms with Crippen LogP contribution in [0.4, 0.5) is 0 Å². The number of hydrogen-bond donors (Lipinski definition) is 2. The largest absolute Gasteiger partial charge is 0.481 e. The number of ether oxygens (including phenoxy) is 1. The van der Waals surface area contributed by atoms with Crippen LogP contribution in [0.2, 0.25) is 0 Å². The molecule has 7 nitrogen and oxygen atoms in total. The average Bonchev–Trinajstić information content (AvgIpc) is 3.20. The number of nitrogens with zero attached hydrogens (tertiary/aromatic N) is 1. The van der Waals surface area contributed by atoms with Crippen molar-refractivity contribution in [2.24, 2.45) is 0 Å². The molecule has 2 N–H and O–H groups in total. The standard InChI is InChI=1S/C27H27N3O4/c1-18-25(21-11-6-7-13-23(21)34-18)27(32)29-20(17-19-9-4-3-5-10-19)15-16-28-26(31)22-12-8-14-24(30-22)33-2/h3-14,20H,15-17H2,1-2H3,(H,28,31)(H,29,32). The Morgan fingerprint density at radius 2 is 1.74 bits per heavy atom. The maximum Gasteiger partial charge on any atom is 0.270 e. The first-order chi connectivity index (χ1) is 16.5. The molecule has 0 radical (unpaired) electrons. The lowest BCUT2D eigenvalue weighted by Gasteiger charge is -2.19. The molecule has 0 aliphatic heterocycles. The molecule has 1 atom stereocenters. The van der Waals surface area contributed by atoms with Gasteiger partial charge >= 0.3 is 0 Å². The average molecular weight is 458 g/mol. The van der Waals surface area contributed by atoms with Crippen molar-refractivity contribution in [3.63, 3.8) is 0 Å². The fourth-order valence-corrected chi connectivity index (χ4v) is 3.94. The molecule has 0 saturated carbocycles. The van der Waals surface area contributed by atoms with E-state index >= 15 is 0 Å². The molecule has 2 aromatic heterocycles. The van der Waals surface area contributed by atoms with Gasteiger partial charge in [-0.15, -0.1) is 0 Å². The molecule has 2 heterocycles. The second-order valence-electron chi connectivity index (χ2n) is 8.00. The maximum absolute atomic E-state index is 13.2. The lowest BCUT2D eigenvalue weighted by molar-refractivity contribution is 0.0932. The van der Waals surface area contributed by atoms with Gasteiger partial charge in [0.2, 0.25) is 5.88 Å². The van der Waals surface area contributed by atoms with Crippen molar-refractivity contribution in [3.05, 3.63) is 95.4 Å². The number of benzene rings is 2. The zero-order chi connectivity index (χ0) is 23.9. The van der Waals surface area contributed by atoms with Crippen molar-refractivity contribution in [1.29, 1.82) is 0 Å². The van der Waals surface area contributed by atoms with Crippen LogP contribution in [0.3, 0.4) is 0 Å². The molecule has 4 aromatic rings. The van der Waals surface area contributed by atoms with E-state index in [0.29, 0.717) is 42.2 Å². The molecule has 2 aromatic carbocycles. The smallest absolute Gasteiger partial charge is 0.270 e. The van der Waals surface area contributed by atoms with Crippen LogP contribution in [0, 0.1) is 6.92 Å². The molecule has 0 aliphatic rings. The summed E-state index contributed by atoms with van der Waals surface area (Å²) in [5.41, 5.74) is 2.60. The van der Waals surface area contributed by atoms with E-state index in [0.717, 1.165) is 10.9 Å². The Labute approximate surface area is 198 Å². The summed E-state index contributed by atoms with van der Waals surface area (Å²) in [6.45, 7) is 2.17. The van der Waals surface area contributed by atoms with E-state index in [9.17, 15) is 9.59 Å². The van der Waals surface area contributed by atoms with Gasteiger partial charge in [0.15, 0.2) is 0 Å². The highest BCUT2D eigenvalue weighted by atomic mass is 16.5. The Kier molecular flexibility index (Phi) is 7.22. The number of carbonyl (C=O) groups is 2. The van der Waals surface area contributed by atoms with Gasteiger partial charge in [-0.3, -0.25) is 9.59 Å². The Morgan fingerprint density at radius 3 is 2.53 bits per heavy atom. The molecule has 174 valence electrons. The van der Waals surface area contributed by atoms with E-state index in [1.54, 1.807) is 25.1 Å². The van der Waals surface area contributed by atoms with Gasteiger partial charge in [-0.25, -0.2) is 4.98 Å². The van der Waals surface area contributed by atoms with Crippen LogP contribution in [-0.2, 0) is 6.42 Å². The van der Waals surface area contributed by atoms with Gasteiger partial charge in [0.05, 0.1) is 12.7 Å². The molecule has 1 unspecified atom stereocenters. The van der Waals surface area contributed by atoms with Crippen LogP contribution in [0.15, 0.2) is 77.2 Å². The lowest BCUT2D eigenvalue weighted by Crippen LogP contribution is -2.39. The van der Waals surface area contributed by atoms with Gasteiger partial charge in [-0.1, -0.05) is 54.6 Å². The van der Waals surface area contributed by atoms with Crippen LogP contribution in [0.5, 0.6) is 5.88 Å². The summed E-state index contributed by atoms with van der Waals surface area (Å²) in [6.07, 6.45) is 1.18. The van der Waals surface area contributed by atoms with Crippen molar-refractivity contribution >= 4 is 22.8 Å². The highest BCUT2D eigenvalue weighted by molar-refractivity contribution is 6.07. The number of nitrogens with one attached hydrogen (secondary N) is 2. The number of methoxy groups -OCH3 is 1. The molecule has 34 heavy (non-hydrogen) atoms. The Hall–Kier alpha value is -4.13. The molecular formula is C27H27N3O4. The Morgan fingerprint density at radius 1 is 0.971 bits per heavy atom. The lowest BCUT2D eigenvalue weighted by atomic mass is 10.0. The van der Waals surface area contributed by atoms with E-state index in [-0.39, 0.29) is 23.6 Å². The molecule has 2 amide bonds. The fraction of sp³-hybridized carbons (Fsp3) is 0.222. The van der Waals surface area contributed by atoms with E-state index in [2.05, 4.69) is 15.6 Å². The van der Waals surface area contributed by atoms with Crippen molar-refractivity contribution in [1.82, 2.24) is 15.6 Å². The summed E-state index contributed by atoms with van der Waals surface area (Å²) >= 11 is 0. The quantitative estimate of drug-likeness (QED) is 0.391. The van der Waals surface area contributed by atoms with E-state index in [1.165, 1.54) is 7.11 Å². The predicted octanol–water partition coefficient (Wildman–Crippen LogP) is 4.31. The topological polar surface area (TPSA) is 93.5 Å². The number of rotatable bonds is 9. The van der Waals surface area contributed by atoms with Crippen molar-refractivity contribution in [2.75, 3.05) is 13.7 Å². The number of pyridine rings is 1. The van der Waals surface area contributed by atoms with E-state index in [1.807, 2.05) is 54.6 Å². The highest BCUT2D eigenvalue weighted by Gasteiger charge is 2.21. The minimum Gasteiger partial charge on any atom is -0.481 e. The van der Waals surface area contributed by atoms with E-state index < -0.39 is 0 Å². The number of para-hydroxylation sites is 1. The number of amides is 2. The molecule has 0 fully saturated rings. The predicted molar refractivity (Wildman–Crippen MR) is 130 cm³/mol. The minimum atomic E-state index is -0.291. The number of hydrogen-bond acceptors (Lipinski definition) is 5. The SMILES string of the molecule is COc1cccc(C(=O)NCCC(Cc2ccccc2)NC(=O)c2c(C)oc3ccccc23)n1. The molecule has 0 spiro atoms. The summed E-state index contributed by atoms with van der Waals surface area (Å²) < 4.78 is 10.9. The summed E-state index contributed by atoms with van der Waals surface area (Å²) in [4.78, 5) is 29.9. The molecule has 0 bridgehead atoms. The van der Waals surface area contributed by atoms with Gasteiger partial charge in [0, 0.05) is 24.0 Å². The van der Waals surface area contributed by atoms with Gasteiger partial charge in [0.25, 0.3) is 11.8 Å². The zero-order valence-electron chi connectivity index (χ0n) is 19.2. The van der Waals surface area contributed by atoms with Crippen molar-refractivity contribution in [2.45, 2.75) is 25.8 Å². The maximum atomic E-state index is 13.2. The number of carbonyl (C=O) groups excluding carboxylic acids is 2. The normalized spacial score (nSPS) is 11.7. The Balaban J connectivity index is 1.46. The molecular weight excluding hydrogens is 430 g/mol. The van der Waals surface area contributed by atoms with Crippen LogP contribution in [0.25, 0.3) is 11.0 Å². The third kappa shape index (κ3) is 5.43. The molecule has 0 saturated heterocycles. The zero-order valence-corrected chi connectivity index (χ0v) is 19.2. The number of fused-ring (bicyclic) bond motifs is 1. The van der Waals surface area contributed by atoms with Crippen LogP contribution in [-0.4, -0.2) is 36.5 Å². The monoisotopic (exact) mass is 457 g/mol. The van der Waals surface area contributed by atoms with E-state index in [4.69, 9.17) is 9.15 Å². The first-order valence-corrected chi connectivity index (χ1v) is 11.2. The number of furan rings is 1. The first-order valence-electron chi connectivity index (χ1n) is 11.2. The fourth-order valence-electron chi connectivity index (χ4n) is 3.94. The van der Waals surface area contributed by atoms with Crippen molar-refractivity contribution in [3.8, 4) is 5.88 Å². The van der Waals surface area contributed by atoms with Gasteiger partial charge < -0.3 is 19.8 Å². The minimum absolute atomic E-state index is 0.191. The molecule has 4 rings (SSSR count). The third-order valence-corrected chi connectivity index (χ3v) is 5.60. The van der Waals surface area contributed by atoms with Crippen molar-refractivity contribution < 1.29 is 18.7 Å². The second-order valence-corrected chi connectivity index (χ2v) is 8.00. The number of aryl methyl sites for hydroxylation is 1. The third-order valence-electron chi connectivity index (χ3n) is 5.60. The summed E-state index contributed by atoms with van der Waals surface area (Å²) in [6, 6.07) is 22.3. The van der Waals surface area contributed by atoms with Crippen LogP contribution in [0.1, 0.15) is 38.6 Å². The summed E-state index contributed by atoms with van der Waals surface area (Å²) in [7, 11) is 1.51. The second kappa shape index (κ2) is 10.7. The van der Waals surface area contributed by atoms with Crippen LogP contribution >= 0.6 is 0 Å². The van der Waals surface area contributed by atoms with Gasteiger partial charge in [0.1, 0.15) is 17.0 Å². The first kappa shape index (κ1) is 23.0. The number of aromatic nitrogens is 1. The Bertz CT molecular complexity index is 1280. The summed E-state index contributed by atoms with van der Waals surface area (Å²) in [5, 5.41) is 6.82. The van der Waals surface area contributed by atoms with Gasteiger partial charge in [-0.05, 0) is 37.5 Å². The molecule has 7 heteroatoms.